The first-order valence-corrected chi connectivity index (χ1v) is 4.06. The third kappa shape index (κ3) is 5.90. The van der Waals surface area contributed by atoms with E-state index >= 15 is 0 Å². The van der Waals surface area contributed by atoms with E-state index in [-0.39, 0.29) is 18.3 Å². The summed E-state index contributed by atoms with van der Waals surface area (Å²) in [5.41, 5.74) is 0. The van der Waals surface area contributed by atoms with E-state index in [4.69, 9.17) is 10.2 Å². The predicted molar refractivity (Wildman–Crippen MR) is 47.4 cm³/mol. The maximum absolute atomic E-state index is 10.4. The van der Waals surface area contributed by atoms with Gasteiger partial charge in [0.1, 0.15) is 0 Å². The minimum absolute atomic E-state index is 0.0263. The summed E-state index contributed by atoms with van der Waals surface area (Å²) in [7, 11) is 0. The molecule has 74 valence electrons. The number of aliphatic carboxylic acids is 2. The van der Waals surface area contributed by atoms with Gasteiger partial charge in [-0.2, -0.15) is 0 Å². The topological polar surface area (TPSA) is 74.6 Å². The second-order valence-corrected chi connectivity index (χ2v) is 3.20. The van der Waals surface area contributed by atoms with Crippen LogP contribution in [0.3, 0.4) is 0 Å². The van der Waals surface area contributed by atoms with Crippen molar-refractivity contribution in [1.82, 2.24) is 0 Å². The molecule has 4 nitrogen and oxygen atoms in total. The molecule has 4 heteroatoms. The highest BCUT2D eigenvalue weighted by Gasteiger charge is 2.13. The minimum Gasteiger partial charge on any atom is -0.481 e. The summed E-state index contributed by atoms with van der Waals surface area (Å²) >= 11 is 0. The average Bonchev–Trinajstić information content (AvgIpc) is 1.96. The van der Waals surface area contributed by atoms with Crippen molar-refractivity contribution in [2.24, 2.45) is 11.8 Å². The largest absolute Gasteiger partial charge is 0.481 e. The highest BCUT2D eigenvalue weighted by Crippen LogP contribution is 2.16. The molecule has 0 saturated heterocycles. The zero-order chi connectivity index (χ0) is 10.4. The SMILES string of the molecule is CC(C)C(C=CC(=O)O)CC(=O)O. The van der Waals surface area contributed by atoms with Crippen LogP contribution < -0.4 is 0 Å². The molecule has 0 rings (SSSR count). The van der Waals surface area contributed by atoms with Gasteiger partial charge in [0, 0.05) is 6.08 Å². The molecule has 0 aliphatic carbocycles. The molecule has 0 amide bonds. The molecule has 0 fully saturated rings. The molecule has 1 atom stereocenters. The fraction of sp³-hybridized carbons (Fsp3) is 0.556. The molecule has 1 unspecified atom stereocenters. The van der Waals surface area contributed by atoms with Gasteiger partial charge >= 0.3 is 11.9 Å². The molecular formula is C9H14O4. The zero-order valence-corrected chi connectivity index (χ0v) is 7.73. The normalized spacial score (nSPS) is 13.5. The average molecular weight is 186 g/mol. The highest BCUT2D eigenvalue weighted by atomic mass is 16.4. The van der Waals surface area contributed by atoms with Gasteiger partial charge in [0.25, 0.3) is 0 Å². The fourth-order valence-electron chi connectivity index (χ4n) is 0.934. The lowest BCUT2D eigenvalue weighted by atomic mass is 9.92. The van der Waals surface area contributed by atoms with E-state index in [1.165, 1.54) is 6.08 Å². The van der Waals surface area contributed by atoms with Gasteiger partial charge in [-0.1, -0.05) is 19.9 Å². The monoisotopic (exact) mass is 186 g/mol. The molecular weight excluding hydrogens is 172 g/mol. The summed E-state index contributed by atoms with van der Waals surface area (Å²) in [5, 5.41) is 16.9. The van der Waals surface area contributed by atoms with Crippen LogP contribution in [0.25, 0.3) is 0 Å². The minimum atomic E-state index is -1.05. The molecule has 0 aromatic heterocycles. The van der Waals surface area contributed by atoms with Crippen LogP contribution in [-0.4, -0.2) is 22.2 Å². The number of rotatable bonds is 5. The highest BCUT2D eigenvalue weighted by molar-refractivity contribution is 5.79. The van der Waals surface area contributed by atoms with E-state index in [1.54, 1.807) is 0 Å². The summed E-state index contributed by atoms with van der Waals surface area (Å²) in [6.45, 7) is 3.72. The third-order valence-electron chi connectivity index (χ3n) is 1.75. The smallest absolute Gasteiger partial charge is 0.327 e. The molecule has 0 bridgehead atoms. The van der Waals surface area contributed by atoms with E-state index in [0.717, 1.165) is 6.08 Å². The van der Waals surface area contributed by atoms with Gasteiger partial charge in [0.2, 0.25) is 0 Å². The maximum Gasteiger partial charge on any atom is 0.327 e. The number of hydrogen-bond donors (Lipinski definition) is 2. The van der Waals surface area contributed by atoms with Crippen molar-refractivity contribution in [3.63, 3.8) is 0 Å². The standard InChI is InChI=1S/C9H14O4/c1-6(2)7(5-9(12)13)3-4-8(10)11/h3-4,6-7H,5H2,1-2H3,(H,10,11)(H,12,13). The summed E-state index contributed by atoms with van der Waals surface area (Å²) in [6.07, 6.45) is 2.40. The first kappa shape index (κ1) is 11.7. The lowest BCUT2D eigenvalue weighted by molar-refractivity contribution is -0.138. The van der Waals surface area contributed by atoms with Crippen LogP contribution in [0.1, 0.15) is 20.3 Å². The van der Waals surface area contributed by atoms with Crippen LogP contribution in [0.15, 0.2) is 12.2 Å². The van der Waals surface area contributed by atoms with Crippen molar-refractivity contribution < 1.29 is 19.8 Å². The van der Waals surface area contributed by atoms with E-state index in [2.05, 4.69) is 0 Å². The Labute approximate surface area is 76.9 Å². The second-order valence-electron chi connectivity index (χ2n) is 3.20. The Bertz CT molecular complexity index is 218. The summed E-state index contributed by atoms with van der Waals surface area (Å²) in [4.78, 5) is 20.6. The van der Waals surface area contributed by atoms with Gasteiger partial charge in [0.05, 0.1) is 6.42 Å². The first-order valence-electron chi connectivity index (χ1n) is 4.06. The van der Waals surface area contributed by atoms with E-state index in [1.807, 2.05) is 13.8 Å². The van der Waals surface area contributed by atoms with Crippen LogP contribution in [0.4, 0.5) is 0 Å². The summed E-state index contributed by atoms with van der Waals surface area (Å²) < 4.78 is 0. The summed E-state index contributed by atoms with van der Waals surface area (Å²) in [6, 6.07) is 0. The Balaban J connectivity index is 4.26. The van der Waals surface area contributed by atoms with Crippen molar-refractivity contribution in [3.05, 3.63) is 12.2 Å². The van der Waals surface area contributed by atoms with Crippen LogP contribution in [0.5, 0.6) is 0 Å². The molecule has 0 heterocycles. The van der Waals surface area contributed by atoms with Crippen LogP contribution in [0.2, 0.25) is 0 Å². The molecule has 0 aromatic carbocycles. The van der Waals surface area contributed by atoms with Crippen molar-refractivity contribution in [1.29, 1.82) is 0 Å². The first-order chi connectivity index (χ1) is 5.93. The number of carboxylic acids is 2. The number of allylic oxidation sites excluding steroid dienone is 1. The van der Waals surface area contributed by atoms with E-state index in [9.17, 15) is 9.59 Å². The van der Waals surface area contributed by atoms with Crippen LogP contribution in [-0.2, 0) is 9.59 Å². The number of hydrogen-bond acceptors (Lipinski definition) is 2. The Morgan fingerprint density at radius 1 is 1.31 bits per heavy atom. The van der Waals surface area contributed by atoms with Crippen LogP contribution >= 0.6 is 0 Å². The van der Waals surface area contributed by atoms with Crippen molar-refractivity contribution in [2.45, 2.75) is 20.3 Å². The van der Waals surface area contributed by atoms with Crippen molar-refractivity contribution >= 4 is 11.9 Å². The maximum atomic E-state index is 10.4. The molecule has 0 aliphatic heterocycles. The van der Waals surface area contributed by atoms with Crippen molar-refractivity contribution in [3.8, 4) is 0 Å². The molecule has 0 saturated carbocycles. The van der Waals surface area contributed by atoms with Gasteiger partial charge in [-0.25, -0.2) is 4.79 Å². The van der Waals surface area contributed by atoms with E-state index < -0.39 is 11.9 Å². The Morgan fingerprint density at radius 3 is 2.15 bits per heavy atom. The second kappa shape index (κ2) is 5.35. The van der Waals surface area contributed by atoms with Gasteiger partial charge in [0.15, 0.2) is 0 Å². The molecule has 0 radical (unpaired) electrons. The molecule has 13 heavy (non-hydrogen) atoms. The summed E-state index contributed by atoms with van der Waals surface area (Å²) in [5.74, 6) is -2.04. The lowest BCUT2D eigenvalue weighted by Crippen LogP contribution is -2.11. The van der Waals surface area contributed by atoms with Gasteiger partial charge in [-0.15, -0.1) is 0 Å². The lowest BCUT2D eigenvalue weighted by Gasteiger charge is -2.13. The third-order valence-corrected chi connectivity index (χ3v) is 1.75. The zero-order valence-electron chi connectivity index (χ0n) is 7.73. The number of carboxylic acid groups (broad SMARTS) is 2. The Kier molecular flexibility index (Phi) is 4.80. The van der Waals surface area contributed by atoms with E-state index in [0.29, 0.717) is 0 Å². The molecule has 2 N–H and O–H groups in total. The predicted octanol–water partition coefficient (Wildman–Crippen LogP) is 1.37. The molecule has 0 spiro atoms. The van der Waals surface area contributed by atoms with Gasteiger partial charge in [-0.3, -0.25) is 4.79 Å². The molecule has 0 aliphatic rings. The Hall–Kier alpha value is -1.32. The van der Waals surface area contributed by atoms with Gasteiger partial charge < -0.3 is 10.2 Å². The fourth-order valence-corrected chi connectivity index (χ4v) is 0.934. The molecule has 0 aromatic rings. The van der Waals surface area contributed by atoms with Crippen LogP contribution in [0, 0.1) is 11.8 Å². The number of carbonyl (C=O) groups is 2. The quantitative estimate of drug-likeness (QED) is 0.636. The van der Waals surface area contributed by atoms with Gasteiger partial charge in [-0.05, 0) is 11.8 Å². The van der Waals surface area contributed by atoms with Crippen molar-refractivity contribution in [2.75, 3.05) is 0 Å². The Morgan fingerprint density at radius 2 is 1.85 bits per heavy atom.